The van der Waals surface area contributed by atoms with Gasteiger partial charge in [0.1, 0.15) is 24.0 Å². The molecule has 0 radical (unpaired) electrons. The van der Waals surface area contributed by atoms with Gasteiger partial charge in [-0.15, -0.1) is 11.3 Å². The van der Waals surface area contributed by atoms with Crippen LogP contribution in [0.4, 0.5) is 4.39 Å². The number of hydrogen-bond donors (Lipinski definition) is 0. The van der Waals surface area contributed by atoms with E-state index >= 15 is 0 Å². The zero-order valence-corrected chi connectivity index (χ0v) is 27.1. The van der Waals surface area contributed by atoms with E-state index in [4.69, 9.17) is 14.5 Å². The molecule has 6 rings (SSSR count). The Labute approximate surface area is 268 Å². The van der Waals surface area contributed by atoms with E-state index in [1.165, 1.54) is 27.9 Å². The summed E-state index contributed by atoms with van der Waals surface area (Å²) < 4.78 is 53.4. The van der Waals surface area contributed by atoms with Crippen molar-refractivity contribution in [3.05, 3.63) is 99.3 Å². The molecule has 1 aliphatic rings. The van der Waals surface area contributed by atoms with Crippen LogP contribution in [-0.2, 0) is 38.9 Å². The summed E-state index contributed by atoms with van der Waals surface area (Å²) in [6.07, 6.45) is 5.78. The first-order chi connectivity index (χ1) is 22.0. The van der Waals surface area contributed by atoms with Gasteiger partial charge in [0.2, 0.25) is 17.4 Å². The second-order valence-corrected chi connectivity index (χ2v) is 14.5. The van der Waals surface area contributed by atoms with Gasteiger partial charge in [-0.2, -0.15) is 0 Å². The first-order valence-electron chi connectivity index (χ1n) is 14.6. The number of aromatic nitrogens is 4. The van der Waals surface area contributed by atoms with E-state index in [9.17, 15) is 22.4 Å². The minimum absolute atomic E-state index is 0.0132. The standard InChI is InChI=1S/C32H32FN5O6S2/c1-20-16-37(17-21(2)44-20)27(39)18-36-11-12-38-31(40)29(43-19-22-7-5-4-6-8-22)28(35-32(36)38)30-34-15-25(45-30)13-23-9-10-24(33)14-26(23)46(3,41)42/h4-12,14-15,20-21H,13,16-19H2,1-3H3. The van der Waals surface area contributed by atoms with Gasteiger partial charge in [-0.25, -0.2) is 27.2 Å². The lowest BCUT2D eigenvalue weighted by Crippen LogP contribution is -2.49. The minimum atomic E-state index is -3.69. The average Bonchev–Trinajstić information content (AvgIpc) is 3.64. The molecule has 5 aromatic rings. The van der Waals surface area contributed by atoms with Crippen LogP contribution in [-0.4, -0.2) is 69.7 Å². The molecule has 0 spiro atoms. The first kappa shape index (κ1) is 31.6. The second-order valence-electron chi connectivity index (χ2n) is 11.4. The number of carbonyl (C=O) groups excluding carboxylic acids is 1. The number of thiazole rings is 1. The maximum Gasteiger partial charge on any atom is 0.302 e. The molecule has 2 unspecified atom stereocenters. The Kier molecular flexibility index (Phi) is 8.77. The number of fused-ring (bicyclic) bond motifs is 1. The third kappa shape index (κ3) is 6.73. The number of benzene rings is 2. The van der Waals surface area contributed by atoms with E-state index in [1.807, 2.05) is 44.2 Å². The minimum Gasteiger partial charge on any atom is -0.481 e. The normalized spacial score (nSPS) is 17.0. The predicted molar refractivity (Wildman–Crippen MR) is 170 cm³/mol. The summed E-state index contributed by atoms with van der Waals surface area (Å²) in [6.45, 7) is 4.85. The van der Waals surface area contributed by atoms with E-state index in [0.717, 1.165) is 17.9 Å². The molecule has 14 heteroatoms. The number of carbonyl (C=O) groups is 1. The van der Waals surface area contributed by atoms with Crippen LogP contribution in [0.1, 0.15) is 29.9 Å². The van der Waals surface area contributed by atoms with Crippen molar-refractivity contribution in [3.63, 3.8) is 0 Å². The molecule has 2 atom stereocenters. The highest BCUT2D eigenvalue weighted by Gasteiger charge is 2.27. The quantitative estimate of drug-likeness (QED) is 0.232. The van der Waals surface area contributed by atoms with Gasteiger partial charge in [-0.05, 0) is 37.1 Å². The van der Waals surface area contributed by atoms with E-state index in [0.29, 0.717) is 28.5 Å². The van der Waals surface area contributed by atoms with Crippen LogP contribution >= 0.6 is 11.3 Å². The number of hydrogen-bond acceptors (Lipinski definition) is 9. The van der Waals surface area contributed by atoms with Gasteiger partial charge >= 0.3 is 5.56 Å². The molecule has 11 nitrogen and oxygen atoms in total. The Morgan fingerprint density at radius 3 is 2.57 bits per heavy atom. The third-order valence-electron chi connectivity index (χ3n) is 7.56. The van der Waals surface area contributed by atoms with E-state index in [-0.39, 0.29) is 59.8 Å². The molecule has 1 fully saturated rings. The van der Waals surface area contributed by atoms with Gasteiger partial charge < -0.3 is 18.9 Å². The largest absolute Gasteiger partial charge is 0.481 e. The number of nitrogens with zero attached hydrogens (tertiary/aromatic N) is 5. The lowest BCUT2D eigenvalue weighted by atomic mass is 10.1. The summed E-state index contributed by atoms with van der Waals surface area (Å²) in [7, 11) is -3.69. The molecule has 3 aromatic heterocycles. The average molecular weight is 666 g/mol. The predicted octanol–water partition coefficient (Wildman–Crippen LogP) is 3.97. The van der Waals surface area contributed by atoms with Gasteiger partial charge in [0.15, 0.2) is 15.5 Å². The summed E-state index contributed by atoms with van der Waals surface area (Å²) in [5.41, 5.74) is 0.993. The number of sulfone groups is 1. The Hall–Kier alpha value is -4.40. The summed E-state index contributed by atoms with van der Waals surface area (Å²) in [4.78, 5) is 38.8. The lowest BCUT2D eigenvalue weighted by molar-refractivity contribution is -0.143. The van der Waals surface area contributed by atoms with Crippen molar-refractivity contribution < 1.29 is 27.1 Å². The van der Waals surface area contributed by atoms with Crippen LogP contribution in [0.2, 0.25) is 0 Å². The highest BCUT2D eigenvalue weighted by atomic mass is 32.2. The molecule has 1 aliphatic heterocycles. The topological polar surface area (TPSA) is 125 Å². The summed E-state index contributed by atoms with van der Waals surface area (Å²) in [5, 5.41) is 0.371. The summed E-state index contributed by atoms with van der Waals surface area (Å²) in [6, 6.07) is 13.0. The number of rotatable bonds is 9. The Morgan fingerprint density at radius 2 is 1.85 bits per heavy atom. The van der Waals surface area contributed by atoms with Crippen LogP contribution in [0.15, 0.2) is 76.8 Å². The third-order valence-corrected chi connectivity index (χ3v) is 9.74. The van der Waals surface area contributed by atoms with E-state index in [2.05, 4.69) is 4.98 Å². The fourth-order valence-electron chi connectivity index (χ4n) is 5.52. The number of halogens is 1. The lowest BCUT2D eigenvalue weighted by Gasteiger charge is -2.35. The smallest absolute Gasteiger partial charge is 0.302 e. The number of morpholine rings is 1. The van der Waals surface area contributed by atoms with Crippen molar-refractivity contribution in [2.24, 2.45) is 0 Å². The van der Waals surface area contributed by atoms with Crippen molar-refractivity contribution in [2.75, 3.05) is 19.3 Å². The fourth-order valence-corrected chi connectivity index (χ4v) is 7.38. The number of ether oxygens (including phenoxy) is 2. The maximum absolute atomic E-state index is 13.9. The molecule has 0 bridgehead atoms. The molecule has 1 amide bonds. The van der Waals surface area contributed by atoms with Crippen molar-refractivity contribution in [3.8, 4) is 16.5 Å². The van der Waals surface area contributed by atoms with Crippen molar-refractivity contribution in [1.29, 1.82) is 0 Å². The molecular formula is C32H32FN5O6S2. The number of imidazole rings is 1. The van der Waals surface area contributed by atoms with Gasteiger partial charge in [0, 0.05) is 49.2 Å². The monoisotopic (exact) mass is 665 g/mol. The SMILES string of the molecule is CC1CN(C(=O)Cn2ccn3c(=O)c(OCc4ccccc4)c(-c4ncc(Cc5ccc(F)cc5S(C)(=O)=O)s4)nc23)CC(C)O1. The highest BCUT2D eigenvalue weighted by molar-refractivity contribution is 7.90. The fraction of sp³-hybridized carbons (Fsp3) is 0.312. The molecule has 1 saturated heterocycles. The Balaban J connectivity index is 1.38. The van der Waals surface area contributed by atoms with Crippen LogP contribution in [0, 0.1) is 5.82 Å². The Bertz CT molecular complexity index is 2070. The first-order valence-corrected chi connectivity index (χ1v) is 17.3. The van der Waals surface area contributed by atoms with E-state index < -0.39 is 21.2 Å². The molecule has 0 aliphatic carbocycles. The van der Waals surface area contributed by atoms with Crippen LogP contribution in [0.5, 0.6) is 5.75 Å². The summed E-state index contributed by atoms with van der Waals surface area (Å²) in [5.74, 6) is -0.547. The Morgan fingerprint density at radius 1 is 1.11 bits per heavy atom. The molecule has 2 aromatic carbocycles. The molecule has 0 saturated carbocycles. The van der Waals surface area contributed by atoms with Gasteiger partial charge in [0.05, 0.1) is 17.1 Å². The molecule has 0 N–H and O–H groups in total. The summed E-state index contributed by atoms with van der Waals surface area (Å²) >= 11 is 1.21. The van der Waals surface area contributed by atoms with Crippen molar-refractivity contribution in [1.82, 2.24) is 23.8 Å². The molecule has 46 heavy (non-hydrogen) atoms. The highest BCUT2D eigenvalue weighted by Crippen LogP contribution is 2.32. The maximum atomic E-state index is 13.9. The van der Waals surface area contributed by atoms with Crippen LogP contribution < -0.4 is 10.3 Å². The van der Waals surface area contributed by atoms with Gasteiger partial charge in [-0.3, -0.25) is 9.59 Å². The molecule has 4 heterocycles. The van der Waals surface area contributed by atoms with Crippen molar-refractivity contribution >= 4 is 32.9 Å². The van der Waals surface area contributed by atoms with Crippen molar-refractivity contribution in [2.45, 2.75) is 50.5 Å². The second kappa shape index (κ2) is 12.8. The molecular weight excluding hydrogens is 634 g/mol. The van der Waals surface area contributed by atoms with E-state index in [1.54, 1.807) is 28.1 Å². The van der Waals surface area contributed by atoms with Gasteiger partial charge in [0.25, 0.3) is 0 Å². The zero-order chi connectivity index (χ0) is 32.6. The van der Waals surface area contributed by atoms with Crippen LogP contribution in [0.3, 0.4) is 0 Å². The number of amides is 1. The van der Waals surface area contributed by atoms with Crippen LogP contribution in [0.25, 0.3) is 16.5 Å². The van der Waals surface area contributed by atoms with Gasteiger partial charge in [-0.1, -0.05) is 36.4 Å². The zero-order valence-electron chi connectivity index (χ0n) is 25.4. The molecule has 240 valence electrons.